The monoisotopic (exact) mass is 469 g/mol. The van der Waals surface area contributed by atoms with Crippen molar-refractivity contribution in [2.75, 3.05) is 6.61 Å². The average Bonchev–Trinajstić information content (AvgIpc) is 2.49. The van der Waals surface area contributed by atoms with E-state index < -0.39 is 41.5 Å². The minimum absolute atomic E-state index is 0.182. The number of carbonyl (C=O) groups is 2. The van der Waals surface area contributed by atoms with Crippen LogP contribution in [0.3, 0.4) is 0 Å². The zero-order valence-corrected chi connectivity index (χ0v) is 17.7. The van der Waals surface area contributed by atoms with Gasteiger partial charge in [0.05, 0.1) is 12.3 Å². The highest BCUT2D eigenvalue weighted by Crippen LogP contribution is 2.35. The van der Waals surface area contributed by atoms with Crippen LogP contribution in [0.15, 0.2) is 22.8 Å². The van der Waals surface area contributed by atoms with E-state index in [1.165, 1.54) is 13.0 Å². The summed E-state index contributed by atoms with van der Waals surface area (Å²) in [6.45, 7) is 6.05. The normalized spacial score (nSPS) is 16.6. The molecule has 3 N–H and O–H groups in total. The van der Waals surface area contributed by atoms with Crippen molar-refractivity contribution in [2.24, 2.45) is 5.73 Å². The van der Waals surface area contributed by atoms with Crippen LogP contribution in [0.5, 0.6) is 0 Å². The van der Waals surface area contributed by atoms with Crippen LogP contribution in [-0.4, -0.2) is 41.0 Å². The first-order valence-corrected chi connectivity index (χ1v) is 8.94. The molecule has 7 nitrogen and oxygen atoms in total. The Morgan fingerprint density at radius 1 is 1.18 bits per heavy atom. The molecule has 0 saturated carbocycles. The summed E-state index contributed by atoms with van der Waals surface area (Å²) in [7, 11) is 0. The summed E-state index contributed by atoms with van der Waals surface area (Å²) >= 11 is 3.17. The second-order valence-electron chi connectivity index (χ2n) is 7.49. The minimum atomic E-state index is -5.06. The van der Waals surface area contributed by atoms with Crippen molar-refractivity contribution in [3.05, 3.63) is 28.5 Å². The van der Waals surface area contributed by atoms with Crippen LogP contribution < -0.4 is 11.1 Å². The summed E-state index contributed by atoms with van der Waals surface area (Å²) in [6.07, 6.45) is -5.95. The standard InChI is InChI=1S/C17H23BrF3N3O4/c1-14(2,3)28-13(26)24-15(4,10-7-6-8-11(18)23-10)9-27-16(5,12(22)25)17(19,20)21/h6-8H,9H2,1-5H3,(H2,22,25)(H,24,26)/t15-,16-/m1/s1. The maximum atomic E-state index is 13.3. The van der Waals surface area contributed by atoms with Gasteiger partial charge in [-0.1, -0.05) is 6.07 Å². The van der Waals surface area contributed by atoms with E-state index in [-0.39, 0.29) is 5.69 Å². The van der Waals surface area contributed by atoms with Gasteiger partial charge in [-0.05, 0) is 62.7 Å². The number of nitrogens with zero attached hydrogens (tertiary/aromatic N) is 1. The van der Waals surface area contributed by atoms with Gasteiger partial charge in [-0.3, -0.25) is 4.79 Å². The number of hydrogen-bond donors (Lipinski definition) is 2. The van der Waals surface area contributed by atoms with Crippen molar-refractivity contribution in [3.8, 4) is 0 Å². The Balaban J connectivity index is 3.25. The van der Waals surface area contributed by atoms with E-state index in [0.29, 0.717) is 11.5 Å². The zero-order valence-electron chi connectivity index (χ0n) is 16.1. The third kappa shape index (κ3) is 6.06. The molecule has 1 rings (SSSR count). The predicted octanol–water partition coefficient (Wildman–Crippen LogP) is 3.41. The van der Waals surface area contributed by atoms with Crippen LogP contribution in [0.1, 0.15) is 40.3 Å². The summed E-state index contributed by atoms with van der Waals surface area (Å²) in [4.78, 5) is 27.8. The predicted molar refractivity (Wildman–Crippen MR) is 98.3 cm³/mol. The lowest BCUT2D eigenvalue weighted by molar-refractivity contribution is -0.263. The molecule has 0 aromatic carbocycles. The van der Waals surface area contributed by atoms with Gasteiger partial charge in [0.2, 0.25) is 5.60 Å². The molecule has 2 amide bonds. The van der Waals surface area contributed by atoms with Gasteiger partial charge in [-0.15, -0.1) is 0 Å². The average molecular weight is 470 g/mol. The quantitative estimate of drug-likeness (QED) is 0.621. The number of primary amides is 1. The highest BCUT2D eigenvalue weighted by atomic mass is 79.9. The molecule has 0 saturated heterocycles. The lowest BCUT2D eigenvalue weighted by Crippen LogP contribution is -2.58. The highest BCUT2D eigenvalue weighted by molar-refractivity contribution is 9.10. The topological polar surface area (TPSA) is 104 Å². The first kappa shape index (κ1) is 24.2. The van der Waals surface area contributed by atoms with Gasteiger partial charge in [0, 0.05) is 0 Å². The first-order valence-electron chi connectivity index (χ1n) is 8.15. The van der Waals surface area contributed by atoms with Crippen molar-refractivity contribution in [1.29, 1.82) is 0 Å². The van der Waals surface area contributed by atoms with Crippen LogP contribution in [0, 0.1) is 0 Å². The van der Waals surface area contributed by atoms with E-state index in [9.17, 15) is 22.8 Å². The van der Waals surface area contributed by atoms with Crippen LogP contribution in [0.25, 0.3) is 0 Å². The van der Waals surface area contributed by atoms with Gasteiger partial charge in [0.15, 0.2) is 0 Å². The number of alkyl halides is 3. The molecular formula is C17H23BrF3N3O4. The van der Waals surface area contributed by atoms with Gasteiger partial charge < -0.3 is 20.5 Å². The Bertz CT molecular complexity index is 739. The summed E-state index contributed by atoms with van der Waals surface area (Å²) in [5.41, 5.74) is -0.562. The largest absolute Gasteiger partial charge is 0.444 e. The molecule has 0 radical (unpaired) electrons. The molecule has 0 aliphatic heterocycles. The zero-order chi connectivity index (χ0) is 22.0. The number of halogens is 4. The molecule has 1 aromatic rings. The van der Waals surface area contributed by atoms with Crippen molar-refractivity contribution in [2.45, 2.75) is 57.5 Å². The number of alkyl carbamates (subject to hydrolysis) is 1. The van der Waals surface area contributed by atoms with Gasteiger partial charge >= 0.3 is 12.3 Å². The Kier molecular flexibility index (Phi) is 7.11. The fraction of sp³-hybridized carbons (Fsp3) is 0.588. The molecule has 11 heteroatoms. The lowest BCUT2D eigenvalue weighted by atomic mass is 9.97. The Hall–Kier alpha value is -1.88. The number of carbonyl (C=O) groups excluding carboxylic acids is 2. The van der Waals surface area contributed by atoms with E-state index in [0.717, 1.165) is 0 Å². The number of nitrogens with one attached hydrogen (secondary N) is 1. The molecule has 0 fully saturated rings. The van der Waals surface area contributed by atoms with E-state index >= 15 is 0 Å². The van der Waals surface area contributed by atoms with E-state index in [1.807, 2.05) is 0 Å². The molecule has 158 valence electrons. The van der Waals surface area contributed by atoms with Crippen LogP contribution >= 0.6 is 15.9 Å². The van der Waals surface area contributed by atoms with Crippen molar-refractivity contribution in [1.82, 2.24) is 10.3 Å². The smallest absolute Gasteiger partial charge is 0.426 e. The maximum Gasteiger partial charge on any atom is 0.426 e. The highest BCUT2D eigenvalue weighted by Gasteiger charge is 2.58. The van der Waals surface area contributed by atoms with Gasteiger partial charge in [-0.2, -0.15) is 13.2 Å². The molecule has 28 heavy (non-hydrogen) atoms. The Morgan fingerprint density at radius 2 is 1.75 bits per heavy atom. The maximum absolute atomic E-state index is 13.3. The number of hydrogen-bond acceptors (Lipinski definition) is 5. The fourth-order valence-corrected chi connectivity index (χ4v) is 2.34. The van der Waals surface area contributed by atoms with Crippen molar-refractivity contribution < 1.29 is 32.2 Å². The minimum Gasteiger partial charge on any atom is -0.444 e. The molecule has 1 aromatic heterocycles. The number of nitrogens with two attached hydrogens (primary N) is 1. The Labute approximate surface area is 169 Å². The van der Waals surface area contributed by atoms with Crippen LogP contribution in [0.2, 0.25) is 0 Å². The lowest BCUT2D eigenvalue weighted by Gasteiger charge is -2.36. The number of amides is 2. The van der Waals surface area contributed by atoms with Crippen LogP contribution in [-0.2, 0) is 19.8 Å². The molecule has 0 spiro atoms. The molecule has 1 heterocycles. The van der Waals surface area contributed by atoms with E-state index in [4.69, 9.17) is 15.2 Å². The first-order chi connectivity index (χ1) is 12.5. The number of aromatic nitrogens is 1. The number of pyridine rings is 1. The summed E-state index contributed by atoms with van der Waals surface area (Å²) in [6, 6.07) is 4.67. The van der Waals surface area contributed by atoms with E-state index in [2.05, 4.69) is 26.2 Å². The molecule has 0 aliphatic carbocycles. The second-order valence-corrected chi connectivity index (χ2v) is 8.30. The van der Waals surface area contributed by atoms with Gasteiger partial charge in [0.1, 0.15) is 15.7 Å². The van der Waals surface area contributed by atoms with Gasteiger partial charge in [0.25, 0.3) is 5.91 Å². The van der Waals surface area contributed by atoms with Crippen molar-refractivity contribution >= 4 is 27.9 Å². The summed E-state index contributed by atoms with van der Waals surface area (Å²) in [5.74, 6) is -1.71. The molecule has 0 aliphatic rings. The van der Waals surface area contributed by atoms with E-state index in [1.54, 1.807) is 32.9 Å². The molecule has 0 unspecified atom stereocenters. The molecule has 0 bridgehead atoms. The Morgan fingerprint density at radius 3 is 2.18 bits per heavy atom. The SMILES string of the molecule is CC(C)(C)OC(=O)N[C@](C)(CO[C@](C)(C(N)=O)C(F)(F)F)c1cccc(Br)n1. The number of rotatable bonds is 6. The summed E-state index contributed by atoms with van der Waals surface area (Å²) in [5, 5.41) is 2.47. The summed E-state index contributed by atoms with van der Waals surface area (Å²) < 4.78 is 50.4. The van der Waals surface area contributed by atoms with Gasteiger partial charge in [-0.25, -0.2) is 9.78 Å². The fourth-order valence-electron chi connectivity index (χ4n) is 2.00. The number of ether oxygens (including phenoxy) is 2. The molecular weight excluding hydrogens is 447 g/mol. The third-order valence-corrected chi connectivity index (χ3v) is 4.16. The molecule has 2 atom stereocenters. The third-order valence-electron chi connectivity index (χ3n) is 3.72. The van der Waals surface area contributed by atoms with Crippen molar-refractivity contribution in [3.63, 3.8) is 0 Å². The van der Waals surface area contributed by atoms with Crippen LogP contribution in [0.4, 0.5) is 18.0 Å². The second kappa shape index (κ2) is 8.24.